The van der Waals surface area contributed by atoms with Crippen LogP contribution in [-0.2, 0) is 11.8 Å². The molecule has 1 fully saturated rings. The number of rotatable bonds is 4. The van der Waals surface area contributed by atoms with E-state index >= 15 is 0 Å². The van der Waals surface area contributed by atoms with Crippen LogP contribution in [-0.4, -0.2) is 52.9 Å². The lowest BCUT2D eigenvalue weighted by atomic mass is 10.1. The van der Waals surface area contributed by atoms with Gasteiger partial charge < -0.3 is 19.7 Å². The first-order valence-electron chi connectivity index (χ1n) is 8.49. The van der Waals surface area contributed by atoms with Gasteiger partial charge in [0, 0.05) is 39.3 Å². The number of nitrogens with one attached hydrogen (secondary N) is 1. The van der Waals surface area contributed by atoms with Crippen LogP contribution < -0.4 is 14.8 Å². The van der Waals surface area contributed by atoms with Crippen molar-refractivity contribution in [3.63, 3.8) is 0 Å². The van der Waals surface area contributed by atoms with Crippen molar-refractivity contribution in [2.24, 2.45) is 7.05 Å². The highest BCUT2D eigenvalue weighted by Gasteiger charge is 2.40. The minimum absolute atomic E-state index is 0.0219. The van der Waals surface area contributed by atoms with Crippen LogP contribution in [0.15, 0.2) is 36.5 Å². The molecule has 1 aromatic heterocycles. The predicted octanol–water partition coefficient (Wildman–Crippen LogP) is 1.12. The van der Waals surface area contributed by atoms with Crippen LogP contribution in [0, 0.1) is 0 Å². The van der Waals surface area contributed by atoms with Gasteiger partial charge in [-0.2, -0.15) is 5.10 Å². The van der Waals surface area contributed by atoms with Crippen LogP contribution in [0.5, 0.6) is 11.5 Å². The molecule has 0 bridgehead atoms. The normalized spacial score (nSPS) is 25.4. The summed E-state index contributed by atoms with van der Waals surface area (Å²) < 4.78 is 13.6. The fourth-order valence-corrected chi connectivity index (χ4v) is 3.58. The zero-order valence-corrected chi connectivity index (χ0v) is 14.4. The smallest absolute Gasteiger partial charge is 0.224 e. The summed E-state index contributed by atoms with van der Waals surface area (Å²) in [5, 5.41) is 7.74. The lowest BCUT2D eigenvalue weighted by Gasteiger charge is -2.30. The summed E-state index contributed by atoms with van der Waals surface area (Å²) in [6.07, 6.45) is 2.15. The van der Waals surface area contributed by atoms with Crippen molar-refractivity contribution in [3.8, 4) is 11.5 Å². The second kappa shape index (κ2) is 6.40. The van der Waals surface area contributed by atoms with E-state index in [9.17, 15) is 4.79 Å². The standard InChI is InChI=1S/C18H22N4O3/c1-21-17(23)9-13(18(21)14-7-8-20-22(14)2)19-10-12-11-24-15-5-3-4-6-16(15)25-12/h3-8,12-13,18-19H,9-11H2,1-2H3/t12?,13-,18-/m1/s1. The number of likely N-dealkylation sites (tertiary alicyclic amines) is 1. The minimum Gasteiger partial charge on any atom is -0.486 e. The molecule has 7 nitrogen and oxygen atoms in total. The number of amides is 1. The monoisotopic (exact) mass is 342 g/mol. The van der Waals surface area contributed by atoms with Gasteiger partial charge in [-0.3, -0.25) is 9.48 Å². The predicted molar refractivity (Wildman–Crippen MR) is 91.5 cm³/mol. The number of aryl methyl sites for hydroxylation is 1. The number of fused-ring (bicyclic) bond motifs is 1. The van der Waals surface area contributed by atoms with Gasteiger partial charge in [0.05, 0.1) is 11.7 Å². The first-order valence-corrected chi connectivity index (χ1v) is 8.49. The van der Waals surface area contributed by atoms with E-state index in [0.717, 1.165) is 17.2 Å². The van der Waals surface area contributed by atoms with Crippen LogP contribution in [0.2, 0.25) is 0 Å². The van der Waals surface area contributed by atoms with E-state index in [1.165, 1.54) is 0 Å². The van der Waals surface area contributed by atoms with Gasteiger partial charge in [0.1, 0.15) is 12.7 Å². The molecular formula is C18H22N4O3. The average molecular weight is 342 g/mol. The third-order valence-corrected chi connectivity index (χ3v) is 4.92. The molecule has 2 aromatic rings. The fraction of sp³-hybridized carbons (Fsp3) is 0.444. The molecule has 0 aliphatic carbocycles. The number of likely N-dealkylation sites (N-methyl/N-ethyl adjacent to an activating group) is 1. The summed E-state index contributed by atoms with van der Waals surface area (Å²) in [6.45, 7) is 1.12. The Morgan fingerprint density at radius 3 is 2.80 bits per heavy atom. The number of para-hydroxylation sites is 2. The van der Waals surface area contributed by atoms with E-state index in [0.29, 0.717) is 19.6 Å². The number of ether oxygens (including phenoxy) is 2. The van der Waals surface area contributed by atoms with Crippen LogP contribution in [0.4, 0.5) is 0 Å². The average Bonchev–Trinajstić information content (AvgIpc) is 3.16. The molecule has 132 valence electrons. The summed E-state index contributed by atoms with van der Waals surface area (Å²) in [5.41, 5.74) is 1.03. The lowest BCUT2D eigenvalue weighted by molar-refractivity contribution is -0.127. The van der Waals surface area contributed by atoms with Gasteiger partial charge in [-0.25, -0.2) is 0 Å². The third kappa shape index (κ3) is 2.95. The molecule has 0 radical (unpaired) electrons. The molecule has 1 aromatic carbocycles. The topological polar surface area (TPSA) is 68.6 Å². The van der Waals surface area contributed by atoms with E-state index in [2.05, 4.69) is 10.4 Å². The molecule has 1 N–H and O–H groups in total. The van der Waals surface area contributed by atoms with Gasteiger partial charge in [-0.1, -0.05) is 12.1 Å². The largest absolute Gasteiger partial charge is 0.486 e. The van der Waals surface area contributed by atoms with Crippen molar-refractivity contribution in [3.05, 3.63) is 42.2 Å². The summed E-state index contributed by atoms with van der Waals surface area (Å²) in [5.74, 6) is 1.68. The van der Waals surface area contributed by atoms with Crippen LogP contribution >= 0.6 is 0 Å². The van der Waals surface area contributed by atoms with E-state index in [1.54, 1.807) is 11.1 Å². The summed E-state index contributed by atoms with van der Waals surface area (Å²) >= 11 is 0. The minimum atomic E-state index is -0.0805. The Bertz CT molecular complexity index is 775. The van der Waals surface area contributed by atoms with Gasteiger partial charge in [0.15, 0.2) is 11.5 Å². The van der Waals surface area contributed by atoms with Gasteiger partial charge >= 0.3 is 0 Å². The molecule has 1 unspecified atom stereocenters. The first kappa shape index (κ1) is 16.0. The van der Waals surface area contributed by atoms with Crippen LogP contribution in [0.3, 0.4) is 0 Å². The number of nitrogens with zero attached hydrogens (tertiary/aromatic N) is 3. The number of aromatic nitrogens is 2. The number of benzene rings is 1. The van der Waals surface area contributed by atoms with Gasteiger partial charge in [-0.05, 0) is 18.2 Å². The van der Waals surface area contributed by atoms with Crippen molar-refractivity contribution in [2.75, 3.05) is 20.2 Å². The second-order valence-electron chi connectivity index (χ2n) is 6.55. The maximum atomic E-state index is 12.2. The lowest BCUT2D eigenvalue weighted by Crippen LogP contribution is -2.44. The molecule has 1 amide bonds. The highest BCUT2D eigenvalue weighted by molar-refractivity contribution is 5.80. The van der Waals surface area contributed by atoms with Crippen molar-refractivity contribution in [1.29, 1.82) is 0 Å². The Morgan fingerprint density at radius 1 is 1.24 bits per heavy atom. The Balaban J connectivity index is 1.44. The molecule has 7 heteroatoms. The second-order valence-corrected chi connectivity index (χ2v) is 6.55. The number of carbonyl (C=O) groups is 1. The summed E-state index contributed by atoms with van der Waals surface area (Å²) in [7, 11) is 3.75. The van der Waals surface area contributed by atoms with Crippen molar-refractivity contribution >= 4 is 5.91 Å². The van der Waals surface area contributed by atoms with Crippen molar-refractivity contribution in [1.82, 2.24) is 20.0 Å². The van der Waals surface area contributed by atoms with E-state index < -0.39 is 0 Å². The molecular weight excluding hydrogens is 320 g/mol. The van der Waals surface area contributed by atoms with Crippen LogP contribution in [0.1, 0.15) is 18.2 Å². The zero-order valence-electron chi connectivity index (χ0n) is 14.4. The van der Waals surface area contributed by atoms with E-state index in [4.69, 9.17) is 9.47 Å². The molecule has 0 saturated carbocycles. The third-order valence-electron chi connectivity index (χ3n) is 4.92. The molecule has 4 rings (SSSR count). The molecule has 2 aliphatic rings. The Hall–Kier alpha value is -2.54. The fourth-order valence-electron chi connectivity index (χ4n) is 3.58. The zero-order chi connectivity index (χ0) is 17.4. The molecule has 3 atom stereocenters. The molecule has 2 aliphatic heterocycles. The first-order chi connectivity index (χ1) is 12.1. The quantitative estimate of drug-likeness (QED) is 0.902. The SMILES string of the molecule is CN1C(=O)C[C@@H](NCC2COc3ccccc3O2)[C@@H]1c1ccnn1C. The van der Waals surface area contributed by atoms with Crippen molar-refractivity contribution < 1.29 is 14.3 Å². The molecule has 0 spiro atoms. The van der Waals surface area contributed by atoms with Crippen LogP contribution in [0.25, 0.3) is 0 Å². The maximum Gasteiger partial charge on any atom is 0.224 e. The highest BCUT2D eigenvalue weighted by atomic mass is 16.6. The molecule has 25 heavy (non-hydrogen) atoms. The number of hydrogen-bond donors (Lipinski definition) is 1. The van der Waals surface area contributed by atoms with Gasteiger partial charge in [0.2, 0.25) is 5.91 Å². The maximum absolute atomic E-state index is 12.2. The van der Waals surface area contributed by atoms with E-state index in [1.807, 2.05) is 49.1 Å². The number of carbonyl (C=O) groups excluding carboxylic acids is 1. The Kier molecular flexibility index (Phi) is 4.09. The Morgan fingerprint density at radius 2 is 2.04 bits per heavy atom. The number of hydrogen-bond acceptors (Lipinski definition) is 5. The summed E-state index contributed by atoms with van der Waals surface area (Å²) in [4.78, 5) is 14.0. The summed E-state index contributed by atoms with van der Waals surface area (Å²) in [6, 6.07) is 9.63. The molecule has 1 saturated heterocycles. The van der Waals surface area contributed by atoms with E-state index in [-0.39, 0.29) is 24.1 Å². The van der Waals surface area contributed by atoms with Gasteiger partial charge in [0.25, 0.3) is 0 Å². The molecule has 3 heterocycles. The highest BCUT2D eigenvalue weighted by Crippen LogP contribution is 2.33. The van der Waals surface area contributed by atoms with Gasteiger partial charge in [-0.15, -0.1) is 0 Å². The van der Waals surface area contributed by atoms with Crippen molar-refractivity contribution in [2.45, 2.75) is 24.6 Å². The Labute approximate surface area is 146 Å².